The molecule has 0 aromatic rings. The molecule has 0 saturated heterocycles. The molecule has 0 rings (SSSR count). The normalized spacial score (nSPS) is 12.4. The molecule has 0 bridgehead atoms. The Morgan fingerprint density at radius 1 is 1.50 bits per heavy atom. The molecule has 1 amide bonds. The van der Waals surface area contributed by atoms with E-state index in [1.54, 1.807) is 6.92 Å². The average molecular weight is 222 g/mol. The molecular weight excluding hydrogens is 208 g/mol. The van der Waals surface area contributed by atoms with Crippen LogP contribution in [-0.4, -0.2) is 32.9 Å². The Hall–Kier alpha value is -1.11. The summed E-state index contributed by atoms with van der Waals surface area (Å²) in [5, 5.41) is 5.30. The summed E-state index contributed by atoms with van der Waals surface area (Å²) >= 11 is 0. The lowest BCUT2D eigenvalue weighted by molar-refractivity contribution is 0.153. The third-order valence-electron chi connectivity index (χ3n) is 1.33. The minimum atomic E-state index is -3.39. The number of hydrogen-bond donors (Lipinski definition) is 1. The predicted molar refractivity (Wildman–Crippen MR) is 52.7 cm³/mol. The fourth-order valence-corrected chi connectivity index (χ4v) is 1.40. The molecule has 7 heteroatoms. The van der Waals surface area contributed by atoms with Gasteiger partial charge in [0, 0.05) is 19.7 Å². The van der Waals surface area contributed by atoms with Crippen LogP contribution in [-0.2, 0) is 14.7 Å². The summed E-state index contributed by atoms with van der Waals surface area (Å²) in [6, 6.07) is 0. The number of nitrogens with one attached hydrogen (secondary N) is 1. The molecular formula is C7H14N2O4S. The van der Waals surface area contributed by atoms with Gasteiger partial charge in [0.15, 0.2) is 14.9 Å². The van der Waals surface area contributed by atoms with Gasteiger partial charge in [0.25, 0.3) is 0 Å². The molecule has 0 aromatic heterocycles. The molecule has 0 heterocycles. The molecule has 0 unspecified atom stereocenters. The Morgan fingerprint density at radius 3 is 2.43 bits per heavy atom. The van der Waals surface area contributed by atoms with Crippen molar-refractivity contribution in [1.29, 1.82) is 0 Å². The first-order chi connectivity index (χ1) is 6.41. The Kier molecular flexibility index (Phi) is 5.14. The number of rotatable bonds is 3. The number of carbonyl (C=O) groups excluding carboxylic acids is 1. The average Bonchev–Trinajstić information content (AvgIpc) is 2.09. The third kappa shape index (κ3) is 4.80. The van der Waals surface area contributed by atoms with E-state index in [1.807, 2.05) is 0 Å². The lowest BCUT2D eigenvalue weighted by Crippen LogP contribution is -2.19. The monoisotopic (exact) mass is 222 g/mol. The topological polar surface area (TPSA) is 84.8 Å². The van der Waals surface area contributed by atoms with E-state index in [2.05, 4.69) is 15.3 Å². The van der Waals surface area contributed by atoms with Crippen molar-refractivity contribution < 1.29 is 18.0 Å². The summed E-state index contributed by atoms with van der Waals surface area (Å²) in [6.07, 6.45) is 1.11. The number of oxime groups is 1. The SMILES string of the molecule is CCCC(=NOC(=O)NC)S(C)(=O)=O. The van der Waals surface area contributed by atoms with Crippen LogP contribution in [0.5, 0.6) is 0 Å². The molecule has 0 spiro atoms. The number of amides is 1. The Morgan fingerprint density at radius 2 is 2.07 bits per heavy atom. The smallest absolute Gasteiger partial charge is 0.323 e. The van der Waals surface area contributed by atoms with E-state index in [4.69, 9.17) is 0 Å². The number of sulfone groups is 1. The van der Waals surface area contributed by atoms with Gasteiger partial charge in [-0.05, 0) is 6.42 Å². The van der Waals surface area contributed by atoms with Crippen LogP contribution in [0.1, 0.15) is 19.8 Å². The van der Waals surface area contributed by atoms with Crippen molar-refractivity contribution >= 4 is 21.0 Å². The molecule has 0 aromatic carbocycles. The highest BCUT2D eigenvalue weighted by molar-refractivity contribution is 8.05. The second kappa shape index (κ2) is 5.58. The molecule has 0 saturated carbocycles. The second-order valence-corrected chi connectivity index (χ2v) is 4.65. The lowest BCUT2D eigenvalue weighted by atomic mass is 10.4. The molecule has 14 heavy (non-hydrogen) atoms. The van der Waals surface area contributed by atoms with Crippen molar-refractivity contribution in [3.05, 3.63) is 0 Å². The van der Waals surface area contributed by atoms with Gasteiger partial charge >= 0.3 is 6.09 Å². The number of nitrogens with zero attached hydrogens (tertiary/aromatic N) is 1. The van der Waals surface area contributed by atoms with Gasteiger partial charge < -0.3 is 5.32 Å². The summed E-state index contributed by atoms with van der Waals surface area (Å²) < 4.78 is 22.2. The fourth-order valence-electron chi connectivity index (χ4n) is 0.651. The zero-order valence-corrected chi connectivity index (χ0v) is 9.22. The van der Waals surface area contributed by atoms with Crippen LogP contribution in [0.15, 0.2) is 5.16 Å². The first-order valence-corrected chi connectivity index (χ1v) is 5.96. The maximum absolute atomic E-state index is 11.1. The lowest BCUT2D eigenvalue weighted by Gasteiger charge is -2.01. The van der Waals surface area contributed by atoms with Crippen molar-refractivity contribution in [3.63, 3.8) is 0 Å². The molecule has 0 aliphatic heterocycles. The Labute approximate surface area is 83.2 Å². The van der Waals surface area contributed by atoms with Crippen LogP contribution < -0.4 is 5.32 Å². The van der Waals surface area contributed by atoms with Crippen molar-refractivity contribution in [2.45, 2.75) is 19.8 Å². The number of carbonyl (C=O) groups is 1. The van der Waals surface area contributed by atoms with Crippen molar-refractivity contribution in [2.75, 3.05) is 13.3 Å². The van der Waals surface area contributed by atoms with E-state index in [0.29, 0.717) is 6.42 Å². The van der Waals surface area contributed by atoms with Gasteiger partial charge in [-0.2, -0.15) is 0 Å². The first kappa shape index (κ1) is 12.9. The van der Waals surface area contributed by atoms with Crippen LogP contribution >= 0.6 is 0 Å². The van der Waals surface area contributed by atoms with Gasteiger partial charge in [-0.25, -0.2) is 13.2 Å². The zero-order chi connectivity index (χ0) is 11.2. The van der Waals surface area contributed by atoms with E-state index < -0.39 is 15.9 Å². The molecule has 82 valence electrons. The highest BCUT2D eigenvalue weighted by atomic mass is 32.2. The minimum Gasteiger partial charge on any atom is -0.323 e. The second-order valence-electron chi connectivity index (χ2n) is 2.64. The van der Waals surface area contributed by atoms with Gasteiger partial charge in [-0.3, -0.25) is 4.84 Å². The molecule has 0 fully saturated rings. The highest BCUT2D eigenvalue weighted by Gasteiger charge is 2.13. The third-order valence-corrected chi connectivity index (χ3v) is 2.46. The van der Waals surface area contributed by atoms with Crippen LogP contribution in [0.3, 0.4) is 0 Å². The van der Waals surface area contributed by atoms with E-state index in [1.165, 1.54) is 7.05 Å². The predicted octanol–water partition coefficient (Wildman–Crippen LogP) is 0.501. The molecule has 1 N–H and O–H groups in total. The summed E-state index contributed by atoms with van der Waals surface area (Å²) in [4.78, 5) is 14.9. The van der Waals surface area contributed by atoms with E-state index in [-0.39, 0.29) is 11.5 Å². The Bertz CT molecular complexity index is 321. The van der Waals surface area contributed by atoms with E-state index in [9.17, 15) is 13.2 Å². The molecule has 0 aliphatic rings. The largest absolute Gasteiger partial charge is 0.433 e. The summed E-state index contributed by atoms with van der Waals surface area (Å²) in [5.74, 6) is 0. The maximum Gasteiger partial charge on any atom is 0.433 e. The number of hydrogen-bond acceptors (Lipinski definition) is 5. The van der Waals surface area contributed by atoms with Gasteiger partial charge in [-0.1, -0.05) is 12.1 Å². The van der Waals surface area contributed by atoms with Gasteiger partial charge in [-0.15, -0.1) is 0 Å². The minimum absolute atomic E-state index is 0.122. The van der Waals surface area contributed by atoms with Crippen LogP contribution in [0.4, 0.5) is 4.79 Å². The molecule has 0 radical (unpaired) electrons. The summed E-state index contributed by atoms with van der Waals surface area (Å²) in [5.41, 5.74) is 0. The van der Waals surface area contributed by atoms with E-state index >= 15 is 0 Å². The van der Waals surface area contributed by atoms with Crippen LogP contribution in [0, 0.1) is 0 Å². The standard InChI is InChI=1S/C7H14N2O4S/c1-4-5-6(14(3,11)12)9-13-7(10)8-2/h4-5H2,1-3H3,(H,8,10). The molecule has 0 aliphatic carbocycles. The van der Waals surface area contributed by atoms with Crippen molar-refractivity contribution in [2.24, 2.45) is 5.16 Å². The van der Waals surface area contributed by atoms with Gasteiger partial charge in [0.1, 0.15) is 0 Å². The van der Waals surface area contributed by atoms with Gasteiger partial charge in [0.05, 0.1) is 0 Å². The highest BCUT2D eigenvalue weighted by Crippen LogP contribution is 2.00. The zero-order valence-electron chi connectivity index (χ0n) is 8.40. The maximum atomic E-state index is 11.1. The molecule has 6 nitrogen and oxygen atoms in total. The van der Waals surface area contributed by atoms with Crippen LogP contribution in [0.2, 0.25) is 0 Å². The van der Waals surface area contributed by atoms with Gasteiger partial charge in [0.2, 0.25) is 0 Å². The quantitative estimate of drug-likeness (QED) is 0.326. The van der Waals surface area contributed by atoms with E-state index in [0.717, 1.165) is 6.26 Å². The Balaban J connectivity index is 4.58. The first-order valence-electron chi connectivity index (χ1n) is 4.07. The van der Waals surface area contributed by atoms with Crippen LogP contribution in [0.25, 0.3) is 0 Å². The molecule has 0 atom stereocenters. The van der Waals surface area contributed by atoms with Crippen molar-refractivity contribution in [1.82, 2.24) is 5.32 Å². The summed E-state index contributed by atoms with van der Waals surface area (Å²) in [6.45, 7) is 1.81. The summed E-state index contributed by atoms with van der Waals surface area (Å²) in [7, 11) is -2.03. The fraction of sp³-hybridized carbons (Fsp3) is 0.714. The van der Waals surface area contributed by atoms with Crippen molar-refractivity contribution in [3.8, 4) is 0 Å².